The smallest absolute Gasteiger partial charge is 0.263 e. The van der Waals surface area contributed by atoms with E-state index in [0.29, 0.717) is 22.4 Å². The Morgan fingerprint density at radius 1 is 0.164 bits per heavy atom. The normalized spacial score (nSPS) is 12.0. The standard InChI is InChI=1S/C53H34N4O.C47H30N4O.C34H25NO/c58-53-44-22-11-10-20-42(44)45-33-39(52-54-47(36-14-4-1-5-15-36)34-48(55-52)37-16-6-2-7-17-37)27-31-51(45)57(53)41-28-24-35(25-29-41)38-26-30-50-46(32-38)43-21-12-13-23-49(43)56(50)40-18-8-3-9-19-40;52-47-39-20-8-7-17-36(39)40-29-33(46-48-41(31-13-3-1-4-14-31)30-42(49-46)32-15-5-2-6-16-32)23-28-45(40)51(47)35-26-24-34(25-27-35)50-43-21-11-9-18-37(43)38-19-10-12-22-44(38)50;1-34(2)30-13-7-5-10-26(30)29-21-23(17-20-31(29)34)22-15-18-24(19-16-22)35-32-14-8-6-11-27(32)25-9-3-4-12-28(25)33(35)36/h1-34H;1-30H;3-21H,1-2H3. The van der Waals surface area contributed by atoms with Crippen LogP contribution in [0.2, 0.25) is 0 Å². The summed E-state index contributed by atoms with van der Waals surface area (Å²) in [6.45, 7) is 4.61. The number of nitrogens with zero attached hydrogens (tertiary/aromatic N) is 9. The third-order valence-electron chi connectivity index (χ3n) is 29.0. The van der Waals surface area contributed by atoms with Crippen LogP contribution in [0.25, 0.3) is 238 Å². The molecule has 688 valence electrons. The summed E-state index contributed by atoms with van der Waals surface area (Å²) < 4.78 is 10.1. The van der Waals surface area contributed by atoms with Crippen molar-refractivity contribution in [3.63, 3.8) is 0 Å². The lowest BCUT2D eigenvalue weighted by Gasteiger charge is -2.21. The molecule has 1 aliphatic carbocycles. The SMILES string of the molecule is CC1(C)c2ccccc2-c2cc(-c3ccc(-n4c(=O)c5ccccc5c5ccccc54)cc3)ccc21.O=c1c2ccccc2c2cc(-c3nc(-c4ccccc4)cc(-c4ccccc4)n3)ccc2n1-c1ccc(-c2ccc3c(c2)c2ccccc2n3-c2ccccc2)cc1.O=c1c2ccccc2c2cc(-c3nc(-c4ccccc4)cc(-c4ccccc4)n3)ccc2n1-c1ccc(-n2c3ccccc3c3ccccc32)cc1. The molecule has 7 aromatic heterocycles. The highest BCUT2D eigenvalue weighted by Gasteiger charge is 2.36. The molecular formula is C134H89N9O3. The van der Waals surface area contributed by atoms with E-state index in [-0.39, 0.29) is 22.1 Å². The van der Waals surface area contributed by atoms with Crippen molar-refractivity contribution in [2.75, 3.05) is 0 Å². The number of hydrogen-bond donors (Lipinski definition) is 0. The van der Waals surface area contributed by atoms with Gasteiger partial charge in [0, 0.05) is 121 Å². The topological polar surface area (TPSA) is 127 Å². The minimum atomic E-state index is -0.0626. The van der Waals surface area contributed by atoms with Crippen LogP contribution in [0.5, 0.6) is 0 Å². The van der Waals surface area contributed by atoms with Crippen LogP contribution >= 0.6 is 0 Å². The molecule has 12 heteroatoms. The molecule has 0 saturated heterocycles. The van der Waals surface area contributed by atoms with E-state index in [2.05, 4.69) is 308 Å². The zero-order valence-electron chi connectivity index (χ0n) is 79.7. The Labute approximate surface area is 840 Å². The Kier molecular flexibility index (Phi) is 21.4. The van der Waals surface area contributed by atoms with Gasteiger partial charge < -0.3 is 9.13 Å². The maximum atomic E-state index is 14.4. The van der Waals surface area contributed by atoms with Crippen molar-refractivity contribution in [1.29, 1.82) is 0 Å². The average Bonchev–Trinajstić information content (AvgIpc) is 1.24. The van der Waals surface area contributed by atoms with E-state index in [1.54, 1.807) is 0 Å². The van der Waals surface area contributed by atoms with E-state index in [4.69, 9.17) is 19.9 Å². The molecule has 0 saturated carbocycles. The van der Waals surface area contributed by atoms with Gasteiger partial charge in [0.25, 0.3) is 16.7 Å². The van der Waals surface area contributed by atoms with E-state index in [1.165, 1.54) is 54.9 Å². The summed E-state index contributed by atoms with van der Waals surface area (Å²) in [5, 5.41) is 12.6. The first-order valence-corrected chi connectivity index (χ1v) is 49.2. The van der Waals surface area contributed by atoms with Gasteiger partial charge in [-0.3, -0.25) is 28.1 Å². The molecule has 0 spiro atoms. The number of rotatable bonds is 13. The Morgan fingerprint density at radius 2 is 0.404 bits per heavy atom. The van der Waals surface area contributed by atoms with E-state index < -0.39 is 0 Å². The molecule has 146 heavy (non-hydrogen) atoms. The summed E-state index contributed by atoms with van der Waals surface area (Å²) in [6, 6.07) is 172. The summed E-state index contributed by atoms with van der Waals surface area (Å²) >= 11 is 0. The fraction of sp³-hybridized carbons (Fsp3) is 0.0224. The first-order chi connectivity index (χ1) is 71.9. The number of para-hydroxylation sites is 5. The molecule has 27 aromatic rings. The minimum Gasteiger partial charge on any atom is -0.309 e. The molecule has 20 aromatic carbocycles. The Bertz CT molecular complexity index is 9910. The number of pyridine rings is 3. The zero-order valence-corrected chi connectivity index (χ0v) is 79.7. The number of benzene rings is 20. The highest BCUT2D eigenvalue weighted by Crippen LogP contribution is 2.50. The van der Waals surface area contributed by atoms with Gasteiger partial charge in [-0.1, -0.05) is 347 Å². The highest BCUT2D eigenvalue weighted by atomic mass is 16.1. The third kappa shape index (κ3) is 15.1. The van der Waals surface area contributed by atoms with Crippen molar-refractivity contribution >= 4 is 109 Å². The van der Waals surface area contributed by atoms with Crippen LogP contribution in [0.15, 0.2) is 518 Å². The summed E-state index contributed by atoms with van der Waals surface area (Å²) in [5.74, 6) is 1.25. The van der Waals surface area contributed by atoms with Gasteiger partial charge in [0.1, 0.15) is 0 Å². The van der Waals surface area contributed by atoms with Gasteiger partial charge in [-0.25, -0.2) is 19.9 Å². The van der Waals surface area contributed by atoms with Crippen molar-refractivity contribution in [3.05, 3.63) is 546 Å². The summed E-state index contributed by atoms with van der Waals surface area (Å²) in [6.07, 6.45) is 0. The first-order valence-electron chi connectivity index (χ1n) is 49.2. The van der Waals surface area contributed by atoms with Gasteiger partial charge in [0.2, 0.25) is 0 Å². The van der Waals surface area contributed by atoms with Gasteiger partial charge in [0.15, 0.2) is 11.6 Å². The van der Waals surface area contributed by atoms with E-state index in [0.717, 1.165) is 172 Å². The Balaban J connectivity index is 0.000000114. The fourth-order valence-corrected chi connectivity index (χ4v) is 21.9. The van der Waals surface area contributed by atoms with Crippen LogP contribution in [0.4, 0.5) is 0 Å². The van der Waals surface area contributed by atoms with E-state index >= 15 is 0 Å². The van der Waals surface area contributed by atoms with Crippen molar-refractivity contribution in [3.8, 4) is 130 Å². The molecule has 0 bridgehead atoms. The molecule has 0 fully saturated rings. The van der Waals surface area contributed by atoms with E-state index in [9.17, 15) is 14.4 Å². The van der Waals surface area contributed by atoms with Gasteiger partial charge in [-0.2, -0.15) is 0 Å². The van der Waals surface area contributed by atoms with Crippen LogP contribution < -0.4 is 16.7 Å². The van der Waals surface area contributed by atoms with Crippen molar-refractivity contribution in [1.82, 2.24) is 42.8 Å². The zero-order chi connectivity index (χ0) is 97.6. The quantitative estimate of drug-likeness (QED) is 0.105. The maximum Gasteiger partial charge on any atom is 0.263 e. The van der Waals surface area contributed by atoms with Gasteiger partial charge in [-0.05, 0) is 231 Å². The lowest BCUT2D eigenvalue weighted by atomic mass is 9.82. The highest BCUT2D eigenvalue weighted by molar-refractivity contribution is 6.13. The summed E-state index contributed by atoms with van der Waals surface area (Å²) in [4.78, 5) is 62.6. The van der Waals surface area contributed by atoms with Gasteiger partial charge in [0.05, 0.1) is 61.4 Å². The largest absolute Gasteiger partial charge is 0.309 e. The summed E-state index contributed by atoms with van der Waals surface area (Å²) in [7, 11) is 0. The van der Waals surface area contributed by atoms with Crippen LogP contribution in [0.3, 0.4) is 0 Å². The molecule has 12 nitrogen and oxygen atoms in total. The maximum absolute atomic E-state index is 14.4. The predicted molar refractivity (Wildman–Crippen MR) is 602 cm³/mol. The van der Waals surface area contributed by atoms with Crippen molar-refractivity contribution in [2.24, 2.45) is 0 Å². The monoisotopic (exact) mass is 1870 g/mol. The Morgan fingerprint density at radius 3 is 0.801 bits per heavy atom. The molecule has 0 unspecified atom stereocenters. The molecule has 28 rings (SSSR count). The number of hydrogen-bond acceptors (Lipinski definition) is 7. The molecule has 0 radical (unpaired) electrons. The average molecular weight is 1870 g/mol. The summed E-state index contributed by atoms with van der Waals surface area (Å²) in [5.41, 5.74) is 30.8. The number of fused-ring (bicyclic) bond motifs is 18. The lowest BCUT2D eigenvalue weighted by molar-refractivity contribution is 0.660. The molecule has 0 N–H and O–H groups in total. The molecule has 0 atom stereocenters. The van der Waals surface area contributed by atoms with Crippen LogP contribution in [0.1, 0.15) is 25.0 Å². The fourth-order valence-electron chi connectivity index (χ4n) is 21.9. The lowest BCUT2D eigenvalue weighted by Crippen LogP contribution is -2.19. The van der Waals surface area contributed by atoms with Crippen LogP contribution in [-0.4, -0.2) is 42.8 Å². The molecular weight excluding hydrogens is 1780 g/mol. The third-order valence-corrected chi connectivity index (χ3v) is 29.0. The van der Waals surface area contributed by atoms with Crippen LogP contribution in [0, 0.1) is 0 Å². The van der Waals surface area contributed by atoms with Crippen molar-refractivity contribution < 1.29 is 0 Å². The van der Waals surface area contributed by atoms with Gasteiger partial charge >= 0.3 is 0 Å². The van der Waals surface area contributed by atoms with E-state index in [1.807, 2.05) is 232 Å². The molecule has 0 amide bonds. The Hall–Kier alpha value is -19.4. The molecule has 1 aliphatic rings. The predicted octanol–water partition coefficient (Wildman–Crippen LogP) is 31.8. The second-order valence-corrected chi connectivity index (χ2v) is 37.8. The van der Waals surface area contributed by atoms with Crippen LogP contribution in [-0.2, 0) is 5.41 Å². The molecule has 0 aliphatic heterocycles. The van der Waals surface area contributed by atoms with Gasteiger partial charge in [-0.15, -0.1) is 0 Å². The molecule has 7 heterocycles. The second kappa shape index (κ2) is 36.0. The number of aromatic nitrogens is 9. The minimum absolute atomic E-state index is 0.00657. The first kappa shape index (κ1) is 86.9. The van der Waals surface area contributed by atoms with Crippen molar-refractivity contribution in [2.45, 2.75) is 19.3 Å². The second-order valence-electron chi connectivity index (χ2n) is 37.8.